The number of benzene rings is 4. The van der Waals surface area contributed by atoms with E-state index in [0.29, 0.717) is 62.4 Å². The normalized spacial score (nSPS) is 17.0. The number of nitrogens with one attached hydrogen (secondary N) is 1. The zero-order chi connectivity index (χ0) is 29.1. The quantitative estimate of drug-likeness (QED) is 0.292. The lowest BCUT2D eigenvalue weighted by molar-refractivity contribution is -0.121. The van der Waals surface area contributed by atoms with Crippen molar-refractivity contribution in [2.45, 2.75) is 38.6 Å². The van der Waals surface area contributed by atoms with Gasteiger partial charge in [0.2, 0.25) is 5.91 Å². The molecule has 1 unspecified atom stereocenters. The molecule has 42 heavy (non-hydrogen) atoms. The Hall–Kier alpha value is -4.78. The summed E-state index contributed by atoms with van der Waals surface area (Å²) in [4.78, 5) is 28.1. The average molecular weight is 563 g/mol. The van der Waals surface area contributed by atoms with Crippen molar-refractivity contribution in [3.05, 3.63) is 118 Å². The maximum Gasteiger partial charge on any atom is 0.254 e. The number of hydrogen-bond donors (Lipinski definition) is 2. The van der Waals surface area contributed by atoms with E-state index in [1.54, 1.807) is 18.2 Å². The third-order valence-electron chi connectivity index (χ3n) is 7.90. The number of ether oxygens (including phenoxy) is 2. The van der Waals surface area contributed by atoms with Gasteiger partial charge in [0.15, 0.2) is 11.5 Å². The van der Waals surface area contributed by atoms with Gasteiger partial charge in [-0.05, 0) is 97.0 Å². The van der Waals surface area contributed by atoms with Gasteiger partial charge in [-0.15, -0.1) is 0 Å². The van der Waals surface area contributed by atoms with Gasteiger partial charge in [0, 0.05) is 25.1 Å². The van der Waals surface area contributed by atoms with E-state index in [1.807, 2.05) is 78.6 Å². The Morgan fingerprint density at radius 3 is 2.50 bits per heavy atom. The predicted octanol–water partition coefficient (Wildman–Crippen LogP) is 6.11. The summed E-state index contributed by atoms with van der Waals surface area (Å²) in [6.45, 7) is 3.56. The molecular formula is C35H34N2O5. The SMILES string of the molecule is Cc1ccc(C(=O)N2CCc3cc4ccc3C2c2ccc(cc2)OCCCNC(=O)CCc2ccc(O)c(c2)O4)cc1. The van der Waals surface area contributed by atoms with E-state index in [2.05, 4.69) is 5.32 Å². The number of phenols is 1. The van der Waals surface area contributed by atoms with Crippen LogP contribution in [0.15, 0.2) is 84.9 Å². The van der Waals surface area contributed by atoms with Gasteiger partial charge < -0.3 is 24.8 Å². The second-order valence-corrected chi connectivity index (χ2v) is 10.9. The number of carbonyl (C=O) groups is 2. The van der Waals surface area contributed by atoms with Crippen LogP contribution in [0.1, 0.15) is 57.1 Å². The van der Waals surface area contributed by atoms with Crippen molar-refractivity contribution in [2.75, 3.05) is 19.7 Å². The number of carbonyl (C=O) groups excluding carboxylic acids is 2. The molecule has 5 heterocycles. The molecule has 7 nitrogen and oxygen atoms in total. The van der Waals surface area contributed by atoms with Crippen molar-refractivity contribution in [1.82, 2.24) is 10.2 Å². The molecule has 2 N–H and O–H groups in total. The average Bonchev–Trinajstić information content (AvgIpc) is 3.00. The summed E-state index contributed by atoms with van der Waals surface area (Å²) in [6, 6.07) is 26.4. The molecule has 0 saturated heterocycles. The molecule has 5 aliphatic rings. The Bertz CT molecular complexity index is 1600. The van der Waals surface area contributed by atoms with Crippen molar-refractivity contribution >= 4 is 11.8 Å². The van der Waals surface area contributed by atoms with Gasteiger partial charge in [0.25, 0.3) is 5.91 Å². The molecule has 1 atom stereocenters. The first-order valence-corrected chi connectivity index (χ1v) is 14.4. The first-order valence-electron chi connectivity index (χ1n) is 14.4. The highest BCUT2D eigenvalue weighted by atomic mass is 16.5. The van der Waals surface area contributed by atoms with Gasteiger partial charge in [-0.25, -0.2) is 0 Å². The third kappa shape index (κ3) is 5.96. The number of hydrogen-bond acceptors (Lipinski definition) is 5. The van der Waals surface area contributed by atoms with E-state index < -0.39 is 0 Å². The van der Waals surface area contributed by atoms with Gasteiger partial charge in [-0.2, -0.15) is 0 Å². The van der Waals surface area contributed by atoms with Crippen LogP contribution in [0, 0.1) is 6.92 Å². The summed E-state index contributed by atoms with van der Waals surface area (Å²) >= 11 is 0. The Labute approximate surface area is 245 Å². The van der Waals surface area contributed by atoms with Gasteiger partial charge in [-0.1, -0.05) is 42.0 Å². The van der Waals surface area contributed by atoms with Gasteiger partial charge in [0.1, 0.15) is 11.5 Å². The molecule has 8 bridgehead atoms. The van der Waals surface area contributed by atoms with E-state index in [-0.39, 0.29) is 23.6 Å². The van der Waals surface area contributed by atoms with Crippen LogP contribution in [-0.4, -0.2) is 41.5 Å². The Morgan fingerprint density at radius 2 is 1.69 bits per heavy atom. The smallest absolute Gasteiger partial charge is 0.254 e. The van der Waals surface area contributed by atoms with Crippen molar-refractivity contribution in [2.24, 2.45) is 0 Å². The summed E-state index contributed by atoms with van der Waals surface area (Å²) in [5, 5.41) is 13.5. The van der Waals surface area contributed by atoms with Crippen LogP contribution in [0.4, 0.5) is 0 Å². The van der Waals surface area contributed by atoms with Crippen LogP contribution in [0.2, 0.25) is 0 Å². The molecule has 0 saturated carbocycles. The zero-order valence-electron chi connectivity index (χ0n) is 23.6. The number of nitrogens with zero attached hydrogens (tertiary/aromatic N) is 1. The maximum atomic E-state index is 13.8. The molecule has 214 valence electrons. The van der Waals surface area contributed by atoms with E-state index >= 15 is 0 Å². The fourth-order valence-corrected chi connectivity index (χ4v) is 5.61. The molecule has 0 aliphatic carbocycles. The summed E-state index contributed by atoms with van der Waals surface area (Å²) in [5.74, 6) is 1.68. The van der Waals surface area contributed by atoms with Crippen molar-refractivity contribution in [3.63, 3.8) is 0 Å². The van der Waals surface area contributed by atoms with E-state index in [1.165, 1.54) is 0 Å². The molecule has 0 spiro atoms. The van der Waals surface area contributed by atoms with Crippen LogP contribution in [0.3, 0.4) is 0 Å². The highest BCUT2D eigenvalue weighted by Crippen LogP contribution is 2.40. The molecule has 7 heteroatoms. The third-order valence-corrected chi connectivity index (χ3v) is 7.90. The molecule has 4 aromatic carbocycles. The van der Waals surface area contributed by atoms with Gasteiger partial charge >= 0.3 is 0 Å². The highest BCUT2D eigenvalue weighted by Gasteiger charge is 2.33. The zero-order valence-corrected chi connectivity index (χ0v) is 23.6. The van der Waals surface area contributed by atoms with Crippen LogP contribution >= 0.6 is 0 Å². The largest absolute Gasteiger partial charge is 0.504 e. The minimum absolute atomic E-state index is 0.0133. The number of rotatable bonds is 1. The minimum atomic E-state index is -0.285. The van der Waals surface area contributed by atoms with Crippen LogP contribution < -0.4 is 14.8 Å². The van der Waals surface area contributed by atoms with Crippen molar-refractivity contribution in [1.29, 1.82) is 0 Å². The number of aromatic hydroxyl groups is 1. The minimum Gasteiger partial charge on any atom is -0.504 e. The Balaban J connectivity index is 1.38. The lowest BCUT2D eigenvalue weighted by Crippen LogP contribution is -2.40. The summed E-state index contributed by atoms with van der Waals surface area (Å²) in [6.07, 6.45) is 2.22. The Kier molecular flexibility index (Phi) is 7.82. The van der Waals surface area contributed by atoms with E-state index in [9.17, 15) is 14.7 Å². The second-order valence-electron chi connectivity index (χ2n) is 10.9. The first-order chi connectivity index (χ1) is 20.4. The summed E-state index contributed by atoms with van der Waals surface area (Å²) in [5.41, 5.74) is 5.78. The van der Waals surface area contributed by atoms with Crippen molar-refractivity contribution in [3.8, 4) is 23.0 Å². The lowest BCUT2D eigenvalue weighted by Gasteiger charge is -2.38. The highest BCUT2D eigenvalue weighted by molar-refractivity contribution is 5.95. The molecule has 0 aromatic heterocycles. The van der Waals surface area contributed by atoms with Gasteiger partial charge in [-0.3, -0.25) is 9.59 Å². The number of amides is 2. The molecule has 2 amide bonds. The fraction of sp³-hybridized carbons (Fsp3) is 0.257. The standard InChI is InChI=1S/C35H34N2O5/c1-23-3-7-26(8-4-23)35(40)37-19-17-27-22-29-13-14-30(27)34(37)25-9-11-28(12-10-25)41-20-2-18-36-33(39)16-6-24-5-15-31(38)32(21-24)42-29/h3-5,7-15,21-22,34,38H,2,6,16-20H2,1H3,(H,36,39). The predicted molar refractivity (Wildman–Crippen MR) is 160 cm³/mol. The molecule has 9 rings (SSSR count). The van der Waals surface area contributed by atoms with Gasteiger partial charge in [0.05, 0.1) is 12.6 Å². The topological polar surface area (TPSA) is 88.1 Å². The molecule has 0 radical (unpaired) electrons. The lowest BCUT2D eigenvalue weighted by atomic mass is 9.87. The van der Waals surface area contributed by atoms with Crippen LogP contribution in [0.5, 0.6) is 23.0 Å². The summed E-state index contributed by atoms with van der Waals surface area (Å²) < 4.78 is 12.1. The number of phenolic OH excluding ortho intramolecular Hbond substituents is 1. The molecule has 5 aliphatic heterocycles. The fourth-order valence-electron chi connectivity index (χ4n) is 5.61. The van der Waals surface area contributed by atoms with Crippen LogP contribution in [-0.2, 0) is 17.6 Å². The number of aryl methyl sites for hydroxylation is 2. The van der Waals surface area contributed by atoms with E-state index in [4.69, 9.17) is 9.47 Å². The van der Waals surface area contributed by atoms with Crippen molar-refractivity contribution < 1.29 is 24.2 Å². The second kappa shape index (κ2) is 12.0. The first kappa shape index (κ1) is 27.4. The molecule has 4 aromatic rings. The maximum absolute atomic E-state index is 13.8. The summed E-state index contributed by atoms with van der Waals surface area (Å²) in [7, 11) is 0. The molecule has 0 fully saturated rings. The monoisotopic (exact) mass is 562 g/mol. The molecular weight excluding hydrogens is 528 g/mol. The van der Waals surface area contributed by atoms with Crippen LogP contribution in [0.25, 0.3) is 0 Å². The van der Waals surface area contributed by atoms with E-state index in [0.717, 1.165) is 33.6 Å². The Morgan fingerprint density at radius 1 is 0.905 bits per heavy atom.